The van der Waals surface area contributed by atoms with Crippen LogP contribution in [0.25, 0.3) is 0 Å². The van der Waals surface area contributed by atoms with Crippen molar-refractivity contribution in [2.45, 2.75) is 57.2 Å². The van der Waals surface area contributed by atoms with E-state index in [0.717, 1.165) is 19.3 Å². The van der Waals surface area contributed by atoms with Crippen LogP contribution in [-0.2, 0) is 9.53 Å². The maximum atomic E-state index is 10.8. The van der Waals surface area contributed by atoms with Gasteiger partial charge in [-0.3, -0.25) is 4.79 Å². The minimum atomic E-state index is -0.137. The molecule has 0 saturated heterocycles. The lowest BCUT2D eigenvalue weighted by Gasteiger charge is -2.07. The first-order valence-electron chi connectivity index (χ1n) is 5.41. The first kappa shape index (κ1) is 13.8. The number of hydrogen-bond donors (Lipinski definition) is 0. The molecule has 0 aliphatic carbocycles. The van der Waals surface area contributed by atoms with Crippen molar-refractivity contribution in [2.24, 2.45) is 0 Å². The van der Waals surface area contributed by atoms with Crippen LogP contribution in [0, 0.1) is 0 Å². The van der Waals surface area contributed by atoms with Gasteiger partial charge in [0.05, 0.1) is 7.11 Å². The monoisotopic (exact) mass is 220 g/mol. The standard InChI is InChI=1S/C11H21ClO2/c1-3-4-5-7-10(12)8-6-9-11(13)14-2/h10H,3-9H2,1-2H3. The maximum Gasteiger partial charge on any atom is 0.305 e. The fraction of sp³-hybridized carbons (Fsp3) is 0.909. The Bertz CT molecular complexity index is 148. The van der Waals surface area contributed by atoms with Crippen molar-refractivity contribution >= 4 is 17.6 Å². The Morgan fingerprint density at radius 2 is 1.93 bits per heavy atom. The average molecular weight is 221 g/mol. The van der Waals surface area contributed by atoms with Crippen LogP contribution in [0.2, 0.25) is 0 Å². The first-order chi connectivity index (χ1) is 6.70. The summed E-state index contributed by atoms with van der Waals surface area (Å²) in [5.41, 5.74) is 0. The molecule has 0 aliphatic heterocycles. The molecule has 0 aliphatic rings. The predicted octanol–water partition coefficient (Wildman–Crippen LogP) is 3.52. The molecule has 0 radical (unpaired) electrons. The Morgan fingerprint density at radius 1 is 1.29 bits per heavy atom. The van der Waals surface area contributed by atoms with Gasteiger partial charge in [-0.15, -0.1) is 11.6 Å². The highest BCUT2D eigenvalue weighted by Gasteiger charge is 2.06. The SMILES string of the molecule is CCCCCC(Cl)CCCC(=O)OC. The largest absolute Gasteiger partial charge is 0.469 e. The minimum Gasteiger partial charge on any atom is -0.469 e. The number of rotatable bonds is 8. The summed E-state index contributed by atoms with van der Waals surface area (Å²) in [5, 5.41) is 0.228. The third kappa shape index (κ3) is 8.36. The van der Waals surface area contributed by atoms with Gasteiger partial charge in [0, 0.05) is 11.8 Å². The number of esters is 1. The van der Waals surface area contributed by atoms with E-state index in [1.54, 1.807) is 0 Å². The van der Waals surface area contributed by atoms with Gasteiger partial charge in [-0.2, -0.15) is 0 Å². The van der Waals surface area contributed by atoms with E-state index >= 15 is 0 Å². The van der Waals surface area contributed by atoms with E-state index < -0.39 is 0 Å². The molecule has 2 nitrogen and oxygen atoms in total. The zero-order valence-corrected chi connectivity index (χ0v) is 9.98. The highest BCUT2D eigenvalue weighted by atomic mass is 35.5. The topological polar surface area (TPSA) is 26.3 Å². The van der Waals surface area contributed by atoms with Crippen molar-refractivity contribution in [3.63, 3.8) is 0 Å². The van der Waals surface area contributed by atoms with Crippen LogP contribution in [0.15, 0.2) is 0 Å². The molecule has 0 bridgehead atoms. The molecule has 3 heteroatoms. The van der Waals surface area contributed by atoms with Crippen LogP contribution in [-0.4, -0.2) is 18.5 Å². The smallest absolute Gasteiger partial charge is 0.305 e. The second-order valence-electron chi connectivity index (χ2n) is 3.56. The molecular formula is C11H21ClO2. The Labute approximate surface area is 92.0 Å². The van der Waals surface area contributed by atoms with Crippen molar-refractivity contribution in [3.8, 4) is 0 Å². The van der Waals surface area contributed by atoms with E-state index in [9.17, 15) is 4.79 Å². The zero-order valence-electron chi connectivity index (χ0n) is 9.22. The molecule has 0 saturated carbocycles. The molecule has 14 heavy (non-hydrogen) atoms. The number of ether oxygens (including phenoxy) is 1. The van der Waals surface area contributed by atoms with Gasteiger partial charge in [0.15, 0.2) is 0 Å². The first-order valence-corrected chi connectivity index (χ1v) is 5.85. The molecule has 0 fully saturated rings. The molecular weight excluding hydrogens is 200 g/mol. The van der Waals surface area contributed by atoms with E-state index in [4.69, 9.17) is 11.6 Å². The van der Waals surface area contributed by atoms with Crippen molar-refractivity contribution in [3.05, 3.63) is 0 Å². The molecule has 0 spiro atoms. The summed E-state index contributed by atoms with van der Waals surface area (Å²) in [7, 11) is 1.42. The van der Waals surface area contributed by atoms with Crippen molar-refractivity contribution in [1.82, 2.24) is 0 Å². The number of halogens is 1. The van der Waals surface area contributed by atoms with Gasteiger partial charge >= 0.3 is 5.97 Å². The number of carbonyl (C=O) groups excluding carboxylic acids is 1. The van der Waals surface area contributed by atoms with Crippen LogP contribution in [0.1, 0.15) is 51.9 Å². The molecule has 0 aromatic carbocycles. The summed E-state index contributed by atoms with van der Waals surface area (Å²) in [6, 6.07) is 0. The Kier molecular flexibility index (Phi) is 9.16. The molecule has 1 atom stereocenters. The lowest BCUT2D eigenvalue weighted by molar-refractivity contribution is -0.140. The van der Waals surface area contributed by atoms with Gasteiger partial charge in [0.1, 0.15) is 0 Å². The van der Waals surface area contributed by atoms with Crippen molar-refractivity contribution < 1.29 is 9.53 Å². The third-order valence-electron chi connectivity index (χ3n) is 2.25. The summed E-state index contributed by atoms with van der Waals surface area (Å²) in [6.07, 6.45) is 6.99. The van der Waals surface area contributed by atoms with E-state index in [1.165, 1.54) is 26.4 Å². The van der Waals surface area contributed by atoms with Gasteiger partial charge in [-0.1, -0.05) is 26.2 Å². The molecule has 1 unspecified atom stereocenters. The fourth-order valence-corrected chi connectivity index (χ4v) is 1.64. The van der Waals surface area contributed by atoms with Crippen LogP contribution < -0.4 is 0 Å². The van der Waals surface area contributed by atoms with Crippen molar-refractivity contribution in [2.75, 3.05) is 7.11 Å². The normalized spacial score (nSPS) is 12.5. The minimum absolute atomic E-state index is 0.137. The van der Waals surface area contributed by atoms with Crippen molar-refractivity contribution in [1.29, 1.82) is 0 Å². The second kappa shape index (κ2) is 9.32. The number of hydrogen-bond acceptors (Lipinski definition) is 2. The second-order valence-corrected chi connectivity index (χ2v) is 4.18. The molecule has 0 aromatic rings. The summed E-state index contributed by atoms with van der Waals surface area (Å²) >= 11 is 6.09. The van der Waals surface area contributed by atoms with Gasteiger partial charge in [0.25, 0.3) is 0 Å². The van der Waals surface area contributed by atoms with E-state index in [-0.39, 0.29) is 11.3 Å². The summed E-state index contributed by atoms with van der Waals surface area (Å²) in [6.45, 7) is 2.18. The molecule has 0 amide bonds. The number of carbonyl (C=O) groups is 1. The predicted molar refractivity (Wildman–Crippen MR) is 59.7 cm³/mol. The van der Waals surface area contributed by atoms with Gasteiger partial charge in [-0.25, -0.2) is 0 Å². The lowest BCUT2D eigenvalue weighted by atomic mass is 10.1. The fourth-order valence-electron chi connectivity index (χ4n) is 1.33. The van der Waals surface area contributed by atoms with Gasteiger partial charge < -0.3 is 4.74 Å². The molecule has 0 N–H and O–H groups in total. The Balaban J connectivity index is 3.26. The third-order valence-corrected chi connectivity index (χ3v) is 2.68. The highest BCUT2D eigenvalue weighted by Crippen LogP contribution is 2.15. The van der Waals surface area contributed by atoms with Gasteiger partial charge in [-0.05, 0) is 19.3 Å². The Morgan fingerprint density at radius 3 is 2.50 bits per heavy atom. The molecule has 0 aromatic heterocycles. The summed E-state index contributed by atoms with van der Waals surface area (Å²) in [4.78, 5) is 10.8. The van der Waals surface area contributed by atoms with Crippen LogP contribution in [0.5, 0.6) is 0 Å². The van der Waals surface area contributed by atoms with Crippen LogP contribution >= 0.6 is 11.6 Å². The summed E-state index contributed by atoms with van der Waals surface area (Å²) < 4.78 is 4.55. The molecule has 0 rings (SSSR count). The van der Waals surface area contributed by atoms with E-state index in [0.29, 0.717) is 6.42 Å². The maximum absolute atomic E-state index is 10.8. The average Bonchev–Trinajstić information content (AvgIpc) is 2.18. The Hall–Kier alpha value is -0.240. The zero-order chi connectivity index (χ0) is 10.8. The van der Waals surface area contributed by atoms with Gasteiger partial charge in [0.2, 0.25) is 0 Å². The number of unbranched alkanes of at least 4 members (excludes halogenated alkanes) is 2. The number of methoxy groups -OCH3 is 1. The highest BCUT2D eigenvalue weighted by molar-refractivity contribution is 6.20. The van der Waals surface area contributed by atoms with Crippen LogP contribution in [0.3, 0.4) is 0 Å². The summed E-state index contributed by atoms with van der Waals surface area (Å²) in [5.74, 6) is -0.137. The number of alkyl halides is 1. The quantitative estimate of drug-likeness (QED) is 0.356. The van der Waals surface area contributed by atoms with E-state index in [2.05, 4.69) is 11.7 Å². The molecule has 84 valence electrons. The van der Waals surface area contributed by atoms with Crippen LogP contribution in [0.4, 0.5) is 0 Å². The molecule has 0 heterocycles. The van der Waals surface area contributed by atoms with E-state index in [1.807, 2.05) is 0 Å². The lowest BCUT2D eigenvalue weighted by Crippen LogP contribution is -2.03.